The predicted octanol–water partition coefficient (Wildman–Crippen LogP) is 8.29. The van der Waals surface area contributed by atoms with Crippen LogP contribution in [0, 0.1) is 0 Å². The molecule has 0 aliphatic carbocycles. The minimum atomic E-state index is -1.26. The summed E-state index contributed by atoms with van der Waals surface area (Å²) in [7, 11) is 3.15. The second-order valence-electron chi connectivity index (χ2n) is 13.4. The van der Waals surface area contributed by atoms with Crippen molar-refractivity contribution in [1.29, 1.82) is 0 Å². The van der Waals surface area contributed by atoms with E-state index in [0.717, 1.165) is 22.1 Å². The maximum absolute atomic E-state index is 15.7. The van der Waals surface area contributed by atoms with Gasteiger partial charge in [-0.05, 0) is 95.3 Å². The SMILES string of the molecule is COc1ccc(-c2c(C(C)C)c3cc(C4CCN(C(=O)OC(C)(C)C)CC4F)ccc3n2C(=O)OC(C)(C)C)cc1OC. The number of halogens is 1. The van der Waals surface area contributed by atoms with Crippen LogP contribution in [0.5, 0.6) is 11.5 Å². The minimum Gasteiger partial charge on any atom is -0.493 e. The number of piperidine rings is 1. The zero-order chi connectivity index (χ0) is 31.9. The number of carbonyl (C=O) groups excluding carboxylic acids is 2. The van der Waals surface area contributed by atoms with Gasteiger partial charge in [0.05, 0.1) is 32.0 Å². The standard InChI is InChI=1S/C34H45FN2O6/c1-20(2)29-24-17-21(23-15-16-36(19-25(23)35)31(38)42-33(3,4)5)11-13-26(24)37(32(39)43-34(6,7)8)30(29)22-12-14-27(40-9)28(18-22)41-10/h11-14,17-18,20,23,25H,15-16,19H2,1-10H3. The van der Waals surface area contributed by atoms with Gasteiger partial charge in [-0.2, -0.15) is 0 Å². The number of benzene rings is 2. The van der Waals surface area contributed by atoms with E-state index in [1.54, 1.807) is 39.6 Å². The lowest BCUT2D eigenvalue weighted by Crippen LogP contribution is -2.46. The normalized spacial score (nSPS) is 17.7. The third kappa shape index (κ3) is 6.92. The first-order valence-corrected chi connectivity index (χ1v) is 14.8. The molecule has 0 radical (unpaired) electrons. The summed E-state index contributed by atoms with van der Waals surface area (Å²) in [6.07, 6.45) is -1.81. The number of carbonyl (C=O) groups is 2. The summed E-state index contributed by atoms with van der Waals surface area (Å²) >= 11 is 0. The highest BCUT2D eigenvalue weighted by Crippen LogP contribution is 2.43. The molecule has 234 valence electrons. The van der Waals surface area contributed by atoms with Gasteiger partial charge >= 0.3 is 12.2 Å². The summed E-state index contributed by atoms with van der Waals surface area (Å²) < 4.78 is 39.7. The number of fused-ring (bicyclic) bond motifs is 1. The van der Waals surface area contributed by atoms with Gasteiger partial charge in [0.2, 0.25) is 0 Å². The Kier molecular flexibility index (Phi) is 9.05. The summed E-state index contributed by atoms with van der Waals surface area (Å²) in [6.45, 7) is 15.4. The van der Waals surface area contributed by atoms with Crippen LogP contribution in [0.2, 0.25) is 0 Å². The molecule has 1 amide bonds. The number of aromatic nitrogens is 1. The number of alkyl halides is 1. The van der Waals surface area contributed by atoms with Crippen LogP contribution < -0.4 is 9.47 Å². The summed E-state index contributed by atoms with van der Waals surface area (Å²) in [6, 6.07) is 11.3. The molecule has 1 fully saturated rings. The monoisotopic (exact) mass is 596 g/mol. The van der Waals surface area contributed by atoms with Crippen molar-refractivity contribution in [2.24, 2.45) is 0 Å². The van der Waals surface area contributed by atoms with Crippen molar-refractivity contribution < 1.29 is 32.9 Å². The van der Waals surface area contributed by atoms with Gasteiger partial charge in [0.1, 0.15) is 17.4 Å². The molecule has 2 heterocycles. The Hall–Kier alpha value is -3.75. The molecule has 2 unspecified atom stereocenters. The molecule has 1 aromatic heterocycles. The molecule has 0 bridgehead atoms. The molecule has 4 rings (SSSR count). The molecule has 1 aliphatic rings. The van der Waals surface area contributed by atoms with E-state index in [0.29, 0.717) is 35.7 Å². The average Bonchev–Trinajstić information content (AvgIpc) is 3.25. The first kappa shape index (κ1) is 32.2. The van der Waals surface area contributed by atoms with Gasteiger partial charge in [-0.25, -0.2) is 18.5 Å². The lowest BCUT2D eigenvalue weighted by Gasteiger charge is -2.35. The first-order chi connectivity index (χ1) is 20.0. The maximum Gasteiger partial charge on any atom is 0.419 e. The topological polar surface area (TPSA) is 79.2 Å². The fraction of sp³-hybridized carbons (Fsp3) is 0.529. The zero-order valence-electron chi connectivity index (χ0n) is 27.0. The first-order valence-electron chi connectivity index (χ1n) is 14.8. The number of nitrogens with zero attached hydrogens (tertiary/aromatic N) is 2. The predicted molar refractivity (Wildman–Crippen MR) is 166 cm³/mol. The van der Waals surface area contributed by atoms with Gasteiger partial charge in [0.15, 0.2) is 11.5 Å². The highest BCUT2D eigenvalue weighted by Gasteiger charge is 2.35. The number of likely N-dealkylation sites (tertiary alicyclic amines) is 1. The lowest BCUT2D eigenvalue weighted by atomic mass is 9.86. The molecule has 9 heteroatoms. The highest BCUT2D eigenvalue weighted by molar-refractivity contribution is 6.00. The van der Waals surface area contributed by atoms with Crippen LogP contribution >= 0.6 is 0 Å². The number of methoxy groups -OCH3 is 2. The Morgan fingerprint density at radius 3 is 2.07 bits per heavy atom. The molecule has 8 nitrogen and oxygen atoms in total. The molecule has 1 saturated heterocycles. The molecular formula is C34H45FN2O6. The minimum absolute atomic E-state index is 0.0136. The van der Waals surface area contributed by atoms with Crippen molar-refractivity contribution in [3.05, 3.63) is 47.5 Å². The molecule has 0 saturated carbocycles. The molecule has 0 N–H and O–H groups in total. The largest absolute Gasteiger partial charge is 0.493 e. The summed E-state index contributed by atoms with van der Waals surface area (Å²) in [5.74, 6) is 0.719. The van der Waals surface area contributed by atoms with E-state index in [4.69, 9.17) is 18.9 Å². The molecule has 2 atom stereocenters. The van der Waals surface area contributed by atoms with Crippen LogP contribution in [-0.4, -0.2) is 66.3 Å². The molecule has 0 spiro atoms. The fourth-order valence-electron chi connectivity index (χ4n) is 5.69. The second kappa shape index (κ2) is 12.1. The third-order valence-electron chi connectivity index (χ3n) is 7.46. The van der Waals surface area contributed by atoms with Crippen molar-refractivity contribution in [1.82, 2.24) is 9.47 Å². The van der Waals surface area contributed by atoms with Crippen molar-refractivity contribution >= 4 is 23.1 Å². The molecule has 2 aromatic carbocycles. The van der Waals surface area contributed by atoms with E-state index < -0.39 is 35.5 Å². The van der Waals surface area contributed by atoms with Crippen LogP contribution in [0.3, 0.4) is 0 Å². The summed E-state index contributed by atoms with van der Waals surface area (Å²) in [5, 5.41) is 0.852. The van der Waals surface area contributed by atoms with Crippen molar-refractivity contribution in [2.45, 2.75) is 91.0 Å². The Bertz CT molecular complexity index is 1500. The van der Waals surface area contributed by atoms with E-state index >= 15 is 4.39 Å². The fourth-order valence-corrected chi connectivity index (χ4v) is 5.69. The number of amides is 1. The number of ether oxygens (including phenoxy) is 4. The smallest absolute Gasteiger partial charge is 0.419 e. The van der Waals surface area contributed by atoms with Gasteiger partial charge in [0, 0.05) is 23.4 Å². The van der Waals surface area contributed by atoms with Crippen molar-refractivity contribution in [3.8, 4) is 22.8 Å². The highest BCUT2D eigenvalue weighted by atomic mass is 19.1. The Labute approximate surface area is 254 Å². The van der Waals surface area contributed by atoms with Gasteiger partial charge < -0.3 is 23.8 Å². The van der Waals surface area contributed by atoms with Crippen LogP contribution in [-0.2, 0) is 9.47 Å². The van der Waals surface area contributed by atoms with Gasteiger partial charge in [-0.15, -0.1) is 0 Å². The van der Waals surface area contributed by atoms with Gasteiger partial charge in [0.25, 0.3) is 0 Å². The quantitative estimate of drug-likeness (QED) is 0.295. The third-order valence-corrected chi connectivity index (χ3v) is 7.46. The molecule has 43 heavy (non-hydrogen) atoms. The van der Waals surface area contributed by atoms with E-state index in [2.05, 4.69) is 13.8 Å². The van der Waals surface area contributed by atoms with E-state index in [-0.39, 0.29) is 12.5 Å². The van der Waals surface area contributed by atoms with Crippen LogP contribution in [0.25, 0.3) is 22.2 Å². The molecular weight excluding hydrogens is 551 g/mol. The van der Waals surface area contributed by atoms with Crippen LogP contribution in [0.4, 0.5) is 14.0 Å². The van der Waals surface area contributed by atoms with E-state index in [9.17, 15) is 9.59 Å². The van der Waals surface area contributed by atoms with Crippen LogP contribution in [0.15, 0.2) is 36.4 Å². The average molecular weight is 597 g/mol. The Morgan fingerprint density at radius 1 is 0.884 bits per heavy atom. The van der Waals surface area contributed by atoms with Crippen molar-refractivity contribution in [2.75, 3.05) is 27.3 Å². The zero-order valence-corrected chi connectivity index (χ0v) is 27.0. The van der Waals surface area contributed by atoms with E-state index in [1.807, 2.05) is 57.2 Å². The molecule has 1 aliphatic heterocycles. The number of hydrogen-bond acceptors (Lipinski definition) is 6. The lowest BCUT2D eigenvalue weighted by molar-refractivity contribution is 0.0111. The van der Waals surface area contributed by atoms with Gasteiger partial charge in [-0.3, -0.25) is 0 Å². The summed E-state index contributed by atoms with van der Waals surface area (Å²) in [5.41, 5.74) is 2.53. The Morgan fingerprint density at radius 2 is 1.51 bits per heavy atom. The summed E-state index contributed by atoms with van der Waals surface area (Å²) in [4.78, 5) is 27.8. The van der Waals surface area contributed by atoms with Crippen LogP contribution in [0.1, 0.15) is 84.8 Å². The molecule has 3 aromatic rings. The van der Waals surface area contributed by atoms with Gasteiger partial charge in [-0.1, -0.05) is 19.9 Å². The number of rotatable bonds is 5. The second-order valence-corrected chi connectivity index (χ2v) is 13.4. The van der Waals surface area contributed by atoms with E-state index in [1.165, 1.54) is 4.90 Å². The number of hydrogen-bond donors (Lipinski definition) is 0. The maximum atomic E-state index is 15.7. The van der Waals surface area contributed by atoms with Crippen molar-refractivity contribution in [3.63, 3.8) is 0 Å². The Balaban J connectivity index is 1.84.